The van der Waals surface area contributed by atoms with Crippen molar-refractivity contribution in [3.8, 4) is 21.3 Å². The molecule has 4 rings (SSSR count). The van der Waals surface area contributed by atoms with Crippen molar-refractivity contribution in [2.75, 3.05) is 5.84 Å². The maximum Gasteiger partial charge on any atom is 0.210 e. The molecule has 0 aliphatic carbocycles. The Morgan fingerprint density at radius 1 is 1.29 bits per heavy atom. The maximum atomic E-state index is 6.12. The third-order valence-corrected chi connectivity index (χ3v) is 6.30. The van der Waals surface area contributed by atoms with Crippen LogP contribution in [-0.2, 0) is 5.75 Å². The number of nitrogens with zero attached hydrogens (tertiary/aromatic N) is 4. The first kappa shape index (κ1) is 15.4. The van der Waals surface area contributed by atoms with E-state index in [0.717, 1.165) is 22.0 Å². The topological polar surface area (TPSA) is 82.8 Å². The Morgan fingerprint density at radius 3 is 2.96 bits per heavy atom. The molecule has 0 unspecified atom stereocenters. The molecule has 0 saturated heterocycles. The predicted molar refractivity (Wildman–Crippen MR) is 97.6 cm³/mol. The summed E-state index contributed by atoms with van der Waals surface area (Å²) in [5.74, 6) is 8.19. The molecule has 24 heavy (non-hydrogen) atoms. The molecule has 0 fully saturated rings. The number of thiophene rings is 1. The van der Waals surface area contributed by atoms with Crippen LogP contribution in [0.1, 0.15) is 11.5 Å². The maximum absolute atomic E-state index is 6.12. The Morgan fingerprint density at radius 2 is 2.21 bits per heavy atom. The lowest BCUT2D eigenvalue weighted by molar-refractivity contribution is 0.535. The molecule has 0 amide bonds. The summed E-state index contributed by atoms with van der Waals surface area (Å²) in [6.45, 7) is 1.87. The molecule has 4 aromatic rings. The summed E-state index contributed by atoms with van der Waals surface area (Å²) in [4.78, 5) is 5.85. The Labute approximate surface area is 150 Å². The highest BCUT2D eigenvalue weighted by atomic mass is 32.2. The highest BCUT2D eigenvalue weighted by Crippen LogP contribution is 2.31. The molecule has 0 atom stereocenters. The van der Waals surface area contributed by atoms with E-state index in [-0.39, 0.29) is 0 Å². The monoisotopic (exact) mass is 375 g/mol. The van der Waals surface area contributed by atoms with Crippen molar-refractivity contribution in [1.82, 2.24) is 19.9 Å². The average molecular weight is 376 g/mol. The lowest BCUT2D eigenvalue weighted by Gasteiger charge is -2.01. The van der Waals surface area contributed by atoms with Gasteiger partial charge in [0.25, 0.3) is 0 Å². The van der Waals surface area contributed by atoms with Crippen molar-refractivity contribution in [3.63, 3.8) is 0 Å². The van der Waals surface area contributed by atoms with Gasteiger partial charge in [-0.2, -0.15) is 0 Å². The van der Waals surface area contributed by atoms with E-state index < -0.39 is 0 Å². The van der Waals surface area contributed by atoms with Crippen molar-refractivity contribution in [2.45, 2.75) is 17.8 Å². The van der Waals surface area contributed by atoms with Gasteiger partial charge in [0.15, 0.2) is 5.82 Å². The number of aromatic nitrogens is 4. The summed E-state index contributed by atoms with van der Waals surface area (Å²) in [5.41, 5.74) is 1.86. The van der Waals surface area contributed by atoms with Gasteiger partial charge in [0.05, 0.1) is 22.4 Å². The third-order valence-electron chi connectivity index (χ3n) is 3.40. The Bertz CT molecular complexity index is 954. The van der Waals surface area contributed by atoms with Crippen molar-refractivity contribution in [3.05, 3.63) is 46.7 Å². The molecule has 0 radical (unpaired) electrons. The van der Waals surface area contributed by atoms with Gasteiger partial charge < -0.3 is 10.3 Å². The summed E-state index contributed by atoms with van der Waals surface area (Å²) in [6, 6.07) is 5.95. The quantitative estimate of drug-likeness (QED) is 0.419. The number of hydrogen-bond acceptors (Lipinski definition) is 8. The molecule has 122 valence electrons. The van der Waals surface area contributed by atoms with Crippen LogP contribution in [0.15, 0.2) is 44.8 Å². The summed E-state index contributed by atoms with van der Waals surface area (Å²) in [6.07, 6.45) is 1.62. The zero-order chi connectivity index (χ0) is 16.5. The summed E-state index contributed by atoms with van der Waals surface area (Å²) >= 11 is 4.86. The smallest absolute Gasteiger partial charge is 0.210 e. The molecule has 0 spiro atoms. The largest absolute Gasteiger partial charge is 0.469 e. The minimum absolute atomic E-state index is 0.598. The number of nitrogens with two attached hydrogens (primary N) is 1. The van der Waals surface area contributed by atoms with E-state index in [9.17, 15) is 0 Å². The second-order valence-corrected chi connectivity index (χ2v) is 7.72. The first-order valence-corrected chi connectivity index (χ1v) is 9.83. The highest BCUT2D eigenvalue weighted by molar-refractivity contribution is 7.98. The summed E-state index contributed by atoms with van der Waals surface area (Å²) in [7, 11) is 0. The second-order valence-electron chi connectivity index (χ2n) is 4.98. The lowest BCUT2D eigenvalue weighted by Crippen LogP contribution is -2.11. The predicted octanol–water partition coefficient (Wildman–Crippen LogP) is 4.04. The van der Waals surface area contributed by atoms with E-state index >= 15 is 0 Å². The van der Waals surface area contributed by atoms with Gasteiger partial charge in [-0.1, -0.05) is 17.8 Å². The van der Waals surface area contributed by atoms with Crippen LogP contribution in [-0.4, -0.2) is 19.9 Å². The normalized spacial score (nSPS) is 11.2. The zero-order valence-corrected chi connectivity index (χ0v) is 15.1. The molecular weight excluding hydrogens is 362 g/mol. The van der Waals surface area contributed by atoms with Gasteiger partial charge in [0, 0.05) is 11.1 Å². The van der Waals surface area contributed by atoms with E-state index in [0.29, 0.717) is 16.7 Å². The standard InChI is InChI=1S/C15H13N5OS3/c1-9-11(4-5-21-9)13-18-19-15(20(13)16)24-8-10-7-23-14(17-10)12-3-2-6-22-12/h2-7H,8,16H2,1H3. The molecular formula is C15H13N5OS3. The molecule has 0 aromatic carbocycles. The Hall–Kier alpha value is -2.10. The number of hydrogen-bond donors (Lipinski definition) is 1. The van der Waals surface area contributed by atoms with E-state index in [1.54, 1.807) is 28.9 Å². The Balaban J connectivity index is 1.49. The fourth-order valence-electron chi connectivity index (χ4n) is 2.20. The number of thiazole rings is 1. The Kier molecular flexibility index (Phi) is 4.13. The van der Waals surface area contributed by atoms with Crippen molar-refractivity contribution >= 4 is 34.4 Å². The van der Waals surface area contributed by atoms with Crippen molar-refractivity contribution in [1.29, 1.82) is 0 Å². The van der Waals surface area contributed by atoms with Crippen molar-refractivity contribution < 1.29 is 4.42 Å². The number of nitrogen functional groups attached to an aromatic ring is 1. The summed E-state index contributed by atoms with van der Waals surface area (Å²) < 4.78 is 6.79. The zero-order valence-electron chi connectivity index (χ0n) is 12.7. The molecule has 2 N–H and O–H groups in total. The number of thioether (sulfide) groups is 1. The average Bonchev–Trinajstić information content (AvgIpc) is 3.33. The highest BCUT2D eigenvalue weighted by Gasteiger charge is 2.16. The van der Waals surface area contributed by atoms with Gasteiger partial charge in [-0.05, 0) is 24.4 Å². The van der Waals surface area contributed by atoms with E-state index in [1.807, 2.05) is 19.1 Å². The van der Waals surface area contributed by atoms with Gasteiger partial charge in [0.1, 0.15) is 10.8 Å². The molecule has 0 aliphatic rings. The van der Waals surface area contributed by atoms with E-state index in [4.69, 9.17) is 10.3 Å². The van der Waals surface area contributed by atoms with Crippen LogP contribution in [0.4, 0.5) is 0 Å². The van der Waals surface area contributed by atoms with E-state index in [2.05, 4.69) is 32.0 Å². The fraction of sp³-hybridized carbons (Fsp3) is 0.133. The van der Waals surface area contributed by atoms with Gasteiger partial charge in [-0.15, -0.1) is 32.9 Å². The molecule has 0 bridgehead atoms. The lowest BCUT2D eigenvalue weighted by atomic mass is 10.2. The molecule has 6 nitrogen and oxygen atoms in total. The molecule has 0 saturated carbocycles. The number of rotatable bonds is 5. The number of furan rings is 1. The summed E-state index contributed by atoms with van der Waals surface area (Å²) in [5, 5.41) is 14.2. The SMILES string of the molecule is Cc1occc1-c1nnc(SCc2csc(-c3cccs3)n2)n1N. The third kappa shape index (κ3) is 2.85. The molecule has 0 aliphatic heterocycles. The minimum Gasteiger partial charge on any atom is -0.469 e. The van der Waals surface area contributed by atoms with Gasteiger partial charge >= 0.3 is 0 Å². The van der Waals surface area contributed by atoms with Crippen LogP contribution in [0.5, 0.6) is 0 Å². The van der Waals surface area contributed by atoms with Crippen LogP contribution >= 0.6 is 34.4 Å². The van der Waals surface area contributed by atoms with Gasteiger partial charge in [-0.25, -0.2) is 9.66 Å². The second kappa shape index (κ2) is 6.42. The molecule has 9 heteroatoms. The molecule has 4 heterocycles. The van der Waals surface area contributed by atoms with E-state index in [1.165, 1.54) is 21.3 Å². The minimum atomic E-state index is 0.598. The van der Waals surface area contributed by atoms with Crippen LogP contribution in [0, 0.1) is 6.92 Å². The molecule has 4 aromatic heterocycles. The van der Waals surface area contributed by atoms with Crippen LogP contribution in [0.25, 0.3) is 21.3 Å². The van der Waals surface area contributed by atoms with Crippen LogP contribution in [0.2, 0.25) is 0 Å². The van der Waals surface area contributed by atoms with Crippen molar-refractivity contribution in [2.24, 2.45) is 0 Å². The number of aryl methyl sites for hydroxylation is 1. The fourth-order valence-corrected chi connectivity index (χ4v) is 4.69. The first-order chi connectivity index (χ1) is 11.7. The van der Waals surface area contributed by atoms with Gasteiger partial charge in [-0.3, -0.25) is 0 Å². The van der Waals surface area contributed by atoms with Crippen LogP contribution < -0.4 is 5.84 Å². The van der Waals surface area contributed by atoms with Crippen LogP contribution in [0.3, 0.4) is 0 Å². The van der Waals surface area contributed by atoms with Gasteiger partial charge in [0.2, 0.25) is 5.16 Å². The first-order valence-electron chi connectivity index (χ1n) is 7.08.